The van der Waals surface area contributed by atoms with Crippen molar-refractivity contribution in [2.75, 3.05) is 5.32 Å². The maximum absolute atomic E-state index is 4.61. The van der Waals surface area contributed by atoms with Gasteiger partial charge in [0.2, 0.25) is 0 Å². The predicted molar refractivity (Wildman–Crippen MR) is 124 cm³/mol. The molecule has 30 heavy (non-hydrogen) atoms. The van der Waals surface area contributed by atoms with Crippen molar-refractivity contribution >= 4 is 11.5 Å². The van der Waals surface area contributed by atoms with Gasteiger partial charge in [-0.2, -0.15) is 5.10 Å². The first-order valence-electron chi connectivity index (χ1n) is 10.8. The van der Waals surface area contributed by atoms with Crippen molar-refractivity contribution in [2.24, 2.45) is 7.05 Å². The van der Waals surface area contributed by atoms with Crippen molar-refractivity contribution in [3.8, 4) is 11.3 Å². The smallest absolute Gasteiger partial charge is 0.180 e. The van der Waals surface area contributed by atoms with Gasteiger partial charge in [0.1, 0.15) is 0 Å². The van der Waals surface area contributed by atoms with Crippen molar-refractivity contribution in [2.45, 2.75) is 53.5 Å². The molecule has 1 aliphatic rings. The molecule has 6 heteroatoms. The topological polar surface area (TPSA) is 60.0 Å². The van der Waals surface area contributed by atoms with Crippen LogP contribution in [0.4, 0.5) is 5.82 Å². The normalized spacial score (nSPS) is 14.4. The summed E-state index contributed by atoms with van der Waals surface area (Å²) >= 11 is 0. The highest BCUT2D eigenvalue weighted by Crippen LogP contribution is 2.27. The van der Waals surface area contributed by atoms with E-state index in [1.165, 1.54) is 16.7 Å². The van der Waals surface area contributed by atoms with Crippen LogP contribution < -0.4 is 5.32 Å². The van der Waals surface area contributed by atoms with Crippen LogP contribution >= 0.6 is 0 Å². The number of nitrogens with zero attached hydrogens (tertiary/aromatic N) is 5. The Bertz CT molecular complexity index is 1110. The highest BCUT2D eigenvalue weighted by atomic mass is 15.2. The van der Waals surface area contributed by atoms with Gasteiger partial charge >= 0.3 is 0 Å². The van der Waals surface area contributed by atoms with Gasteiger partial charge in [0, 0.05) is 37.2 Å². The van der Waals surface area contributed by atoms with E-state index in [9.17, 15) is 0 Å². The summed E-state index contributed by atoms with van der Waals surface area (Å²) in [5.41, 5.74) is 7.09. The first-order chi connectivity index (χ1) is 14.7. The third kappa shape index (κ3) is 4.22. The first kappa shape index (κ1) is 21.6. The molecule has 1 aliphatic carbocycles. The van der Waals surface area contributed by atoms with E-state index >= 15 is 0 Å². The molecule has 3 heterocycles. The number of nitrogens with one attached hydrogen (secondary N) is 1. The van der Waals surface area contributed by atoms with Crippen LogP contribution in [0, 0.1) is 6.92 Å². The minimum atomic E-state index is 0.351. The maximum atomic E-state index is 4.61. The average Bonchev–Trinajstić information content (AvgIpc) is 3.49. The van der Waals surface area contributed by atoms with Crippen LogP contribution in [-0.4, -0.2) is 30.2 Å². The Hall–Kier alpha value is -3.15. The number of benzene rings is 1. The molecule has 1 aromatic carbocycles. The molecule has 5 rings (SSSR count). The highest BCUT2D eigenvalue weighted by Gasteiger charge is 2.23. The maximum Gasteiger partial charge on any atom is 0.180 e. The summed E-state index contributed by atoms with van der Waals surface area (Å²) in [4.78, 5) is 9.16. The van der Waals surface area contributed by atoms with Crippen molar-refractivity contribution in [1.29, 1.82) is 0 Å². The molecule has 0 spiro atoms. The van der Waals surface area contributed by atoms with Crippen LogP contribution in [0.1, 0.15) is 44.4 Å². The van der Waals surface area contributed by atoms with Crippen LogP contribution in [-0.2, 0) is 19.9 Å². The third-order valence-electron chi connectivity index (χ3n) is 5.06. The molecule has 0 saturated carbocycles. The van der Waals surface area contributed by atoms with E-state index in [0.717, 1.165) is 35.6 Å². The van der Waals surface area contributed by atoms with Gasteiger partial charge in [-0.1, -0.05) is 51.5 Å². The lowest BCUT2D eigenvalue weighted by Crippen LogP contribution is -2.20. The second-order valence-corrected chi connectivity index (χ2v) is 7.04. The molecular weight excluding hydrogens is 372 g/mol. The quantitative estimate of drug-likeness (QED) is 0.518. The Balaban J connectivity index is 0.000000606. The number of rotatable bonds is 3. The van der Waals surface area contributed by atoms with Gasteiger partial charge in [-0.25, -0.2) is 9.97 Å². The molecule has 0 saturated heterocycles. The van der Waals surface area contributed by atoms with Crippen LogP contribution in [0.3, 0.4) is 0 Å². The predicted octanol–water partition coefficient (Wildman–Crippen LogP) is 5.07. The number of aryl methyl sites for hydroxylation is 2. The molecule has 1 unspecified atom stereocenters. The number of hydrogen-bond donors (Lipinski definition) is 1. The minimum absolute atomic E-state index is 0.351. The van der Waals surface area contributed by atoms with E-state index in [1.54, 1.807) is 4.68 Å². The van der Waals surface area contributed by atoms with Gasteiger partial charge < -0.3 is 5.32 Å². The molecule has 0 bridgehead atoms. The first-order valence-corrected chi connectivity index (χ1v) is 10.8. The van der Waals surface area contributed by atoms with Crippen molar-refractivity contribution in [3.05, 3.63) is 65.9 Å². The van der Waals surface area contributed by atoms with Gasteiger partial charge in [-0.05, 0) is 30.9 Å². The zero-order chi connectivity index (χ0) is 21.7. The molecule has 0 radical (unpaired) electrons. The molecular formula is C24H32N6. The molecule has 1 atom stereocenters. The zero-order valence-electron chi connectivity index (χ0n) is 18.8. The monoisotopic (exact) mass is 404 g/mol. The Morgan fingerprint density at radius 1 is 1.00 bits per heavy atom. The number of imidazole rings is 1. The lowest BCUT2D eigenvalue weighted by Gasteiger charge is -2.13. The molecule has 158 valence electrons. The average molecular weight is 405 g/mol. The molecule has 0 fully saturated rings. The number of fused-ring (bicyclic) bond motifs is 2. The molecule has 6 nitrogen and oxygen atoms in total. The summed E-state index contributed by atoms with van der Waals surface area (Å²) in [6, 6.07) is 7.08. The molecule has 0 aliphatic heterocycles. The van der Waals surface area contributed by atoms with Crippen molar-refractivity contribution in [3.63, 3.8) is 0 Å². The Kier molecular flexibility index (Phi) is 6.87. The minimum Gasteiger partial charge on any atom is -0.364 e. The number of anilines is 1. The van der Waals surface area contributed by atoms with Gasteiger partial charge in [0.15, 0.2) is 11.5 Å². The number of aromatic nitrogens is 5. The van der Waals surface area contributed by atoms with E-state index in [4.69, 9.17) is 0 Å². The van der Waals surface area contributed by atoms with Crippen molar-refractivity contribution < 1.29 is 0 Å². The number of hydrogen-bond acceptors (Lipinski definition) is 4. The van der Waals surface area contributed by atoms with Crippen LogP contribution in [0.2, 0.25) is 0 Å². The summed E-state index contributed by atoms with van der Waals surface area (Å²) < 4.78 is 3.87. The molecule has 3 aromatic heterocycles. The Morgan fingerprint density at radius 3 is 2.50 bits per heavy atom. The van der Waals surface area contributed by atoms with Crippen LogP contribution in [0.15, 0.2) is 49.2 Å². The summed E-state index contributed by atoms with van der Waals surface area (Å²) in [5.74, 6) is 0.831. The van der Waals surface area contributed by atoms with Gasteiger partial charge in [-0.15, -0.1) is 0 Å². The fraction of sp³-hybridized carbons (Fsp3) is 0.375. The fourth-order valence-electron chi connectivity index (χ4n) is 3.83. The fourth-order valence-corrected chi connectivity index (χ4v) is 3.83. The van der Waals surface area contributed by atoms with Crippen LogP contribution in [0.25, 0.3) is 16.9 Å². The second kappa shape index (κ2) is 9.57. The van der Waals surface area contributed by atoms with E-state index in [-0.39, 0.29) is 0 Å². The summed E-state index contributed by atoms with van der Waals surface area (Å²) in [7, 11) is 1.92. The standard InChI is InChI=1S/C20H20N6.2C2H6/c1-13-3-4-14-8-17(9-15(14)7-13)24-19-20-22-11-18(26(20)6-5-21-19)16-10-23-25(2)12-16;2*1-2/h3-7,10-12,17H,8-9H2,1-2H3,(H,21,24);2*1-2H3. The summed E-state index contributed by atoms with van der Waals surface area (Å²) in [6.45, 7) is 10.1. The molecule has 4 aromatic rings. The van der Waals surface area contributed by atoms with Gasteiger partial charge in [0.05, 0.1) is 18.1 Å². The second-order valence-electron chi connectivity index (χ2n) is 7.04. The van der Waals surface area contributed by atoms with Gasteiger partial charge in [0.25, 0.3) is 0 Å². The highest BCUT2D eigenvalue weighted by molar-refractivity contribution is 5.70. The van der Waals surface area contributed by atoms with Gasteiger partial charge in [-0.3, -0.25) is 9.08 Å². The van der Waals surface area contributed by atoms with E-state index < -0.39 is 0 Å². The Labute approximate surface area is 179 Å². The van der Waals surface area contributed by atoms with E-state index in [1.807, 2.05) is 65.7 Å². The zero-order valence-corrected chi connectivity index (χ0v) is 18.8. The van der Waals surface area contributed by atoms with E-state index in [2.05, 4.69) is 49.9 Å². The largest absolute Gasteiger partial charge is 0.364 e. The van der Waals surface area contributed by atoms with Crippen molar-refractivity contribution in [1.82, 2.24) is 24.1 Å². The molecule has 1 N–H and O–H groups in total. The SMILES string of the molecule is CC.CC.Cc1ccc2c(c1)CC(Nc1nccn3c(-c4cnn(C)c4)cnc13)C2. The third-order valence-corrected chi connectivity index (χ3v) is 5.06. The lowest BCUT2D eigenvalue weighted by atomic mass is 10.1. The Morgan fingerprint density at radius 2 is 1.77 bits per heavy atom. The molecule has 0 amide bonds. The van der Waals surface area contributed by atoms with Crippen LogP contribution in [0.5, 0.6) is 0 Å². The summed E-state index contributed by atoms with van der Waals surface area (Å²) in [6.07, 6.45) is 11.5. The van der Waals surface area contributed by atoms with E-state index in [0.29, 0.717) is 6.04 Å². The summed E-state index contributed by atoms with van der Waals surface area (Å²) in [5, 5.41) is 7.86. The lowest BCUT2D eigenvalue weighted by molar-refractivity contribution is 0.768.